The predicted molar refractivity (Wildman–Crippen MR) is 82.5 cm³/mol. The summed E-state index contributed by atoms with van der Waals surface area (Å²) in [6.45, 7) is 0. The zero-order chi connectivity index (χ0) is 15.6. The Balaban J connectivity index is 2.30. The summed E-state index contributed by atoms with van der Waals surface area (Å²) in [5.74, 6) is -0.382. The molecule has 0 saturated carbocycles. The third kappa shape index (κ3) is 4.19. The summed E-state index contributed by atoms with van der Waals surface area (Å²) < 4.78 is 24.8. The smallest absolute Gasteiger partial charge is 0.319 e. The van der Waals surface area contributed by atoms with Crippen LogP contribution in [0.15, 0.2) is 20.2 Å². The minimum Gasteiger partial charge on any atom is -0.380 e. The lowest BCUT2D eigenvalue weighted by atomic mass is 10.4. The summed E-state index contributed by atoms with van der Waals surface area (Å²) in [4.78, 5) is 12.1. The van der Waals surface area contributed by atoms with Gasteiger partial charge in [0.1, 0.15) is 11.4 Å². The van der Waals surface area contributed by atoms with Crippen LogP contribution in [0.1, 0.15) is 5.01 Å². The average Bonchev–Trinajstić information content (AvgIpc) is 2.93. The lowest BCUT2D eigenvalue weighted by Gasteiger charge is -1.93. The normalized spacial score (nSPS) is 12.3. The van der Waals surface area contributed by atoms with Gasteiger partial charge in [0.25, 0.3) is 0 Å². The number of nitrogens with zero attached hydrogens (tertiary/aromatic N) is 4. The van der Waals surface area contributed by atoms with E-state index in [1.54, 1.807) is 10.8 Å². The van der Waals surface area contributed by atoms with E-state index < -0.39 is 10.2 Å². The molecule has 0 amide bonds. The highest BCUT2D eigenvalue weighted by Gasteiger charge is 2.12. The summed E-state index contributed by atoms with van der Waals surface area (Å²) in [6.07, 6.45) is 0. The maximum atomic E-state index is 10.8. The molecule has 0 aromatic carbocycles. The van der Waals surface area contributed by atoms with Gasteiger partial charge in [-0.2, -0.15) is 13.4 Å². The highest BCUT2D eigenvalue weighted by Crippen LogP contribution is 2.27. The Kier molecular flexibility index (Phi) is 4.17. The molecule has 0 aliphatic carbocycles. The van der Waals surface area contributed by atoms with Gasteiger partial charge in [-0.05, 0) is 0 Å². The molecule has 0 aliphatic heterocycles. The van der Waals surface area contributed by atoms with Gasteiger partial charge in [-0.15, -0.1) is 27.1 Å². The van der Waals surface area contributed by atoms with E-state index in [0.717, 1.165) is 11.3 Å². The molecule has 112 valence electrons. The Morgan fingerprint density at radius 2 is 1.71 bits per heavy atom. The van der Waals surface area contributed by atoms with E-state index in [1.807, 2.05) is 0 Å². The number of aliphatic imine (C=N–C) groups is 1. The lowest BCUT2D eigenvalue weighted by Crippen LogP contribution is -2.21. The van der Waals surface area contributed by atoms with E-state index in [1.165, 1.54) is 11.3 Å². The largest absolute Gasteiger partial charge is 0.380 e. The summed E-state index contributed by atoms with van der Waals surface area (Å²) in [6, 6.07) is 0. The maximum absolute atomic E-state index is 10.8. The molecule has 2 rings (SSSR count). The van der Waals surface area contributed by atoms with Gasteiger partial charge < -0.3 is 17.2 Å². The lowest BCUT2D eigenvalue weighted by molar-refractivity contribution is 0.599. The van der Waals surface area contributed by atoms with Crippen LogP contribution in [0.3, 0.4) is 0 Å². The van der Waals surface area contributed by atoms with Crippen molar-refractivity contribution in [1.82, 2.24) is 9.97 Å². The van der Waals surface area contributed by atoms with E-state index in [-0.39, 0.29) is 16.8 Å². The van der Waals surface area contributed by atoms with Crippen molar-refractivity contribution in [2.24, 2.45) is 31.7 Å². The molecule has 0 spiro atoms. The van der Waals surface area contributed by atoms with E-state index in [9.17, 15) is 8.42 Å². The van der Waals surface area contributed by atoms with Crippen LogP contribution in [-0.2, 0) is 10.2 Å². The topological polar surface area (TPSA) is 189 Å². The number of rotatable bonds is 4. The molecule has 21 heavy (non-hydrogen) atoms. The molecular formula is C8H10N8O2S3. The summed E-state index contributed by atoms with van der Waals surface area (Å²) in [5.41, 5.74) is 17.0. The zero-order valence-electron chi connectivity index (χ0n) is 10.3. The van der Waals surface area contributed by atoms with E-state index >= 15 is 0 Å². The second-order valence-electron chi connectivity index (χ2n) is 3.58. The zero-order valence-corrected chi connectivity index (χ0v) is 12.7. The Hall–Kier alpha value is -2.09. The van der Waals surface area contributed by atoms with Gasteiger partial charge in [0.05, 0.1) is 0 Å². The quantitative estimate of drug-likeness (QED) is 0.406. The molecule has 0 unspecified atom stereocenters. The van der Waals surface area contributed by atoms with Crippen LogP contribution in [-0.4, -0.2) is 30.2 Å². The van der Waals surface area contributed by atoms with Crippen molar-refractivity contribution in [3.8, 4) is 11.4 Å². The monoisotopic (exact) mass is 346 g/mol. The van der Waals surface area contributed by atoms with Crippen LogP contribution in [0, 0.1) is 0 Å². The molecule has 2 aromatic rings. The second kappa shape index (κ2) is 5.72. The number of hydrogen-bond donors (Lipinski definition) is 4. The molecule has 0 bridgehead atoms. The fourth-order valence-electron chi connectivity index (χ4n) is 1.23. The van der Waals surface area contributed by atoms with Gasteiger partial charge in [-0.1, -0.05) is 0 Å². The number of nitrogens with two attached hydrogens (primary N) is 4. The molecule has 0 radical (unpaired) electrons. The van der Waals surface area contributed by atoms with E-state index in [0.29, 0.717) is 16.5 Å². The minimum atomic E-state index is -4.07. The fraction of sp³-hybridized carbons (Fsp3) is 0. The van der Waals surface area contributed by atoms with Crippen molar-refractivity contribution < 1.29 is 8.42 Å². The van der Waals surface area contributed by atoms with Crippen LogP contribution in [0.25, 0.3) is 11.4 Å². The molecule has 2 heterocycles. The number of aromatic nitrogens is 2. The Labute approximate surface area is 127 Å². The Morgan fingerprint density at radius 1 is 1.10 bits per heavy atom. The molecule has 0 atom stereocenters. The molecule has 13 heteroatoms. The van der Waals surface area contributed by atoms with Gasteiger partial charge in [0.15, 0.2) is 16.8 Å². The van der Waals surface area contributed by atoms with Gasteiger partial charge in [0, 0.05) is 10.8 Å². The highest BCUT2D eigenvalue weighted by atomic mass is 32.2. The maximum Gasteiger partial charge on any atom is 0.319 e. The molecule has 0 fully saturated rings. The van der Waals surface area contributed by atoms with Gasteiger partial charge in [-0.25, -0.2) is 15.1 Å². The molecule has 8 N–H and O–H groups in total. The first-order valence-corrected chi connectivity index (χ1v) is 8.40. The second-order valence-corrected chi connectivity index (χ2v) is 6.49. The van der Waals surface area contributed by atoms with Crippen molar-refractivity contribution in [2.75, 3.05) is 0 Å². The van der Waals surface area contributed by atoms with Crippen LogP contribution in [0.5, 0.6) is 0 Å². The van der Waals surface area contributed by atoms with Gasteiger partial charge in [-0.3, -0.25) is 0 Å². The Morgan fingerprint density at radius 3 is 2.33 bits per heavy atom. The molecule has 0 saturated heterocycles. The van der Waals surface area contributed by atoms with Crippen molar-refractivity contribution >= 4 is 49.8 Å². The van der Waals surface area contributed by atoms with Gasteiger partial charge in [0.2, 0.25) is 5.13 Å². The molecule has 2 aromatic heterocycles. The molecule has 10 nitrogen and oxygen atoms in total. The third-order valence-electron chi connectivity index (χ3n) is 1.93. The number of guanidine groups is 1. The van der Waals surface area contributed by atoms with Crippen LogP contribution in [0.2, 0.25) is 0 Å². The first-order chi connectivity index (χ1) is 9.74. The van der Waals surface area contributed by atoms with E-state index in [4.69, 9.17) is 22.3 Å². The summed E-state index contributed by atoms with van der Waals surface area (Å²) in [5, 5.41) is 8.72. The fourth-order valence-corrected chi connectivity index (χ4v) is 3.06. The highest BCUT2D eigenvalue weighted by molar-refractivity contribution is 7.88. The number of hydrogen-bond acceptors (Lipinski definition) is 7. The number of amidine groups is 1. The predicted octanol–water partition coefficient (Wildman–Crippen LogP) is -0.920. The molecular weight excluding hydrogens is 336 g/mol. The molecule has 0 aliphatic rings. The Bertz CT molecular complexity index is 814. The van der Waals surface area contributed by atoms with Crippen molar-refractivity contribution in [1.29, 1.82) is 0 Å². The van der Waals surface area contributed by atoms with Crippen molar-refractivity contribution in [2.45, 2.75) is 0 Å². The number of thiazole rings is 2. The van der Waals surface area contributed by atoms with Crippen molar-refractivity contribution in [3.63, 3.8) is 0 Å². The minimum absolute atomic E-state index is 0.0978. The standard InChI is InChI=1S/C8H10N8O2S3/c9-5(16-21(12,17)18)6-13-3(1-19-6)4-2-20-8(14-4)15-7(10)11/h1-2H,(H2,9,16)(H2,12,17,18)(H4,10,11,14,15). The van der Waals surface area contributed by atoms with Crippen LogP contribution < -0.4 is 22.3 Å². The SMILES string of the molecule is NC(N)=Nc1nc(-c2csc(C(N)=NS(N)(=O)=O)n2)cs1. The van der Waals surface area contributed by atoms with Crippen molar-refractivity contribution in [3.05, 3.63) is 15.8 Å². The van der Waals surface area contributed by atoms with Crippen LogP contribution in [0.4, 0.5) is 5.13 Å². The summed E-state index contributed by atoms with van der Waals surface area (Å²) >= 11 is 2.34. The van der Waals surface area contributed by atoms with Crippen LogP contribution >= 0.6 is 22.7 Å². The van der Waals surface area contributed by atoms with Gasteiger partial charge >= 0.3 is 10.2 Å². The summed E-state index contributed by atoms with van der Waals surface area (Å²) in [7, 11) is -4.07. The van der Waals surface area contributed by atoms with E-state index in [2.05, 4.69) is 19.4 Å². The third-order valence-corrected chi connectivity index (χ3v) is 3.98. The average molecular weight is 346 g/mol. The first kappa shape index (κ1) is 15.3. The first-order valence-electron chi connectivity index (χ1n) is 5.14.